The lowest BCUT2D eigenvalue weighted by molar-refractivity contribution is 0.134. The minimum atomic E-state index is -0.0949. The maximum absolute atomic E-state index is 6.12. The SMILES string of the molecule is CCN(C)C(CN)c1cccc2c1OC(C)(C)C2. The van der Waals surface area contributed by atoms with E-state index in [9.17, 15) is 0 Å². The van der Waals surface area contributed by atoms with Gasteiger partial charge in [-0.15, -0.1) is 0 Å². The van der Waals surface area contributed by atoms with Crippen molar-refractivity contribution in [3.05, 3.63) is 29.3 Å². The summed E-state index contributed by atoms with van der Waals surface area (Å²) >= 11 is 0. The Bertz CT molecular complexity index is 429. The number of fused-ring (bicyclic) bond motifs is 1. The summed E-state index contributed by atoms with van der Waals surface area (Å²) in [4.78, 5) is 2.27. The minimum Gasteiger partial charge on any atom is -0.487 e. The predicted octanol–water partition coefficient (Wildman–Crippen LogP) is 2.35. The summed E-state index contributed by atoms with van der Waals surface area (Å²) in [6, 6.07) is 6.65. The van der Waals surface area contributed by atoms with Gasteiger partial charge in [0, 0.05) is 18.5 Å². The Balaban J connectivity index is 2.39. The van der Waals surface area contributed by atoms with Crippen molar-refractivity contribution in [2.24, 2.45) is 5.73 Å². The van der Waals surface area contributed by atoms with Gasteiger partial charge in [-0.05, 0) is 33.0 Å². The molecule has 0 amide bonds. The number of nitrogens with zero attached hydrogens (tertiary/aromatic N) is 1. The summed E-state index contributed by atoms with van der Waals surface area (Å²) in [6.45, 7) is 8.02. The fourth-order valence-corrected chi connectivity index (χ4v) is 2.67. The van der Waals surface area contributed by atoms with Crippen molar-refractivity contribution in [2.45, 2.75) is 38.8 Å². The third-order valence-corrected chi connectivity index (χ3v) is 3.73. The first kappa shape index (κ1) is 13.4. The lowest BCUT2D eigenvalue weighted by Gasteiger charge is -2.28. The number of benzene rings is 1. The number of likely N-dealkylation sites (N-methyl/N-ethyl adjacent to an activating group) is 1. The van der Waals surface area contributed by atoms with Crippen LogP contribution >= 0.6 is 0 Å². The van der Waals surface area contributed by atoms with Crippen molar-refractivity contribution in [1.29, 1.82) is 0 Å². The second-order valence-corrected chi connectivity index (χ2v) is 5.70. The number of rotatable bonds is 4. The highest BCUT2D eigenvalue weighted by Gasteiger charge is 2.33. The van der Waals surface area contributed by atoms with E-state index in [0.717, 1.165) is 18.7 Å². The van der Waals surface area contributed by atoms with E-state index in [1.165, 1.54) is 11.1 Å². The van der Waals surface area contributed by atoms with Crippen LogP contribution in [0.15, 0.2) is 18.2 Å². The molecule has 1 aliphatic rings. The Morgan fingerprint density at radius 1 is 1.44 bits per heavy atom. The van der Waals surface area contributed by atoms with Gasteiger partial charge in [0.2, 0.25) is 0 Å². The third kappa shape index (κ3) is 2.38. The molecule has 0 bridgehead atoms. The van der Waals surface area contributed by atoms with Gasteiger partial charge in [0.15, 0.2) is 0 Å². The first-order valence-corrected chi connectivity index (χ1v) is 6.69. The molecule has 2 rings (SSSR count). The van der Waals surface area contributed by atoms with Gasteiger partial charge in [-0.1, -0.05) is 25.1 Å². The molecule has 0 radical (unpaired) electrons. The molecule has 0 aliphatic carbocycles. The second kappa shape index (κ2) is 4.90. The van der Waals surface area contributed by atoms with Crippen LogP contribution in [0.2, 0.25) is 0 Å². The molecule has 18 heavy (non-hydrogen) atoms. The van der Waals surface area contributed by atoms with E-state index in [2.05, 4.69) is 50.9 Å². The topological polar surface area (TPSA) is 38.5 Å². The van der Waals surface area contributed by atoms with Crippen molar-refractivity contribution in [3.63, 3.8) is 0 Å². The first-order chi connectivity index (χ1) is 8.48. The van der Waals surface area contributed by atoms with Gasteiger partial charge in [-0.25, -0.2) is 0 Å². The maximum atomic E-state index is 6.12. The maximum Gasteiger partial charge on any atom is 0.128 e. The van der Waals surface area contributed by atoms with Crippen molar-refractivity contribution >= 4 is 0 Å². The Morgan fingerprint density at radius 2 is 2.17 bits per heavy atom. The highest BCUT2D eigenvalue weighted by atomic mass is 16.5. The minimum absolute atomic E-state index is 0.0949. The Morgan fingerprint density at radius 3 is 2.78 bits per heavy atom. The van der Waals surface area contributed by atoms with Gasteiger partial charge in [-0.3, -0.25) is 4.90 Å². The molecule has 3 nitrogen and oxygen atoms in total. The summed E-state index contributed by atoms with van der Waals surface area (Å²) in [5.74, 6) is 1.05. The van der Waals surface area contributed by atoms with Crippen LogP contribution in [0.5, 0.6) is 5.75 Å². The molecule has 0 saturated heterocycles. The molecule has 1 aromatic rings. The first-order valence-electron chi connectivity index (χ1n) is 6.69. The van der Waals surface area contributed by atoms with Crippen LogP contribution in [0.1, 0.15) is 37.9 Å². The van der Waals surface area contributed by atoms with Crippen molar-refractivity contribution in [2.75, 3.05) is 20.1 Å². The molecule has 100 valence electrons. The standard InChI is InChI=1S/C15H24N2O/c1-5-17(4)13(10-16)12-8-6-7-11-9-15(2,3)18-14(11)12/h6-8,13H,5,9-10,16H2,1-4H3. The molecule has 0 saturated carbocycles. The molecule has 1 unspecified atom stereocenters. The molecular formula is C15H24N2O. The zero-order valence-electron chi connectivity index (χ0n) is 11.9. The zero-order chi connectivity index (χ0) is 13.3. The Kier molecular flexibility index (Phi) is 3.64. The van der Waals surface area contributed by atoms with E-state index in [4.69, 9.17) is 10.5 Å². The van der Waals surface area contributed by atoms with Crippen LogP contribution < -0.4 is 10.5 Å². The Labute approximate surface area is 110 Å². The predicted molar refractivity (Wildman–Crippen MR) is 75.0 cm³/mol. The average Bonchev–Trinajstić information content (AvgIpc) is 2.64. The second-order valence-electron chi connectivity index (χ2n) is 5.70. The molecule has 1 heterocycles. The van der Waals surface area contributed by atoms with Gasteiger partial charge in [0.25, 0.3) is 0 Å². The molecule has 2 N–H and O–H groups in total. The lowest BCUT2D eigenvalue weighted by Crippen LogP contribution is -2.31. The van der Waals surface area contributed by atoms with E-state index in [0.29, 0.717) is 6.54 Å². The van der Waals surface area contributed by atoms with Crippen LogP contribution in [0.4, 0.5) is 0 Å². The molecular weight excluding hydrogens is 224 g/mol. The van der Waals surface area contributed by atoms with Gasteiger partial charge < -0.3 is 10.5 Å². The summed E-state index contributed by atoms with van der Waals surface area (Å²) < 4.78 is 6.12. The van der Waals surface area contributed by atoms with E-state index >= 15 is 0 Å². The normalized spacial score (nSPS) is 18.6. The van der Waals surface area contributed by atoms with Gasteiger partial charge in [0.05, 0.1) is 6.04 Å². The summed E-state index contributed by atoms with van der Waals surface area (Å²) in [6.07, 6.45) is 0.976. The molecule has 1 atom stereocenters. The van der Waals surface area contributed by atoms with E-state index in [1.54, 1.807) is 0 Å². The van der Waals surface area contributed by atoms with Crippen molar-refractivity contribution < 1.29 is 4.74 Å². The van der Waals surface area contributed by atoms with E-state index in [-0.39, 0.29) is 11.6 Å². The zero-order valence-corrected chi connectivity index (χ0v) is 11.9. The Hall–Kier alpha value is -1.06. The number of hydrogen-bond donors (Lipinski definition) is 1. The highest BCUT2D eigenvalue weighted by Crippen LogP contribution is 2.40. The fraction of sp³-hybridized carbons (Fsp3) is 0.600. The largest absolute Gasteiger partial charge is 0.487 e. The third-order valence-electron chi connectivity index (χ3n) is 3.73. The van der Waals surface area contributed by atoms with Crippen LogP contribution in [0, 0.1) is 0 Å². The lowest BCUT2D eigenvalue weighted by atomic mass is 9.97. The van der Waals surface area contributed by atoms with Gasteiger partial charge in [0.1, 0.15) is 11.4 Å². The van der Waals surface area contributed by atoms with Crippen LogP contribution in [0.3, 0.4) is 0 Å². The van der Waals surface area contributed by atoms with Crippen LogP contribution in [-0.2, 0) is 6.42 Å². The van der Waals surface area contributed by atoms with Crippen molar-refractivity contribution in [3.8, 4) is 5.75 Å². The van der Waals surface area contributed by atoms with Crippen LogP contribution in [0.25, 0.3) is 0 Å². The number of hydrogen-bond acceptors (Lipinski definition) is 3. The number of nitrogens with two attached hydrogens (primary N) is 1. The molecule has 1 aromatic carbocycles. The molecule has 0 spiro atoms. The quantitative estimate of drug-likeness (QED) is 0.889. The summed E-state index contributed by atoms with van der Waals surface area (Å²) in [7, 11) is 2.11. The molecule has 3 heteroatoms. The molecule has 0 fully saturated rings. The molecule has 0 aromatic heterocycles. The van der Waals surface area contributed by atoms with E-state index < -0.39 is 0 Å². The van der Waals surface area contributed by atoms with Gasteiger partial charge >= 0.3 is 0 Å². The summed E-state index contributed by atoms with van der Waals surface area (Å²) in [5.41, 5.74) is 8.38. The number of para-hydroxylation sites is 1. The van der Waals surface area contributed by atoms with Gasteiger partial charge in [-0.2, -0.15) is 0 Å². The van der Waals surface area contributed by atoms with E-state index in [1.807, 2.05) is 0 Å². The smallest absolute Gasteiger partial charge is 0.128 e. The fourth-order valence-electron chi connectivity index (χ4n) is 2.67. The van der Waals surface area contributed by atoms with Crippen LogP contribution in [-0.4, -0.2) is 30.6 Å². The van der Waals surface area contributed by atoms with Crippen molar-refractivity contribution in [1.82, 2.24) is 4.90 Å². The average molecular weight is 248 g/mol. The molecule has 1 aliphatic heterocycles. The highest BCUT2D eigenvalue weighted by molar-refractivity contribution is 5.47. The number of ether oxygens (including phenoxy) is 1. The monoisotopic (exact) mass is 248 g/mol. The summed E-state index contributed by atoms with van der Waals surface area (Å²) in [5, 5.41) is 0.